The Kier molecular flexibility index (Phi) is 3.22. The minimum absolute atomic E-state index is 0.00932. The van der Waals surface area contributed by atoms with Gasteiger partial charge in [-0.1, -0.05) is 0 Å². The SMILES string of the molecule is CN(c1ccnc(C#N)n1)C(C)(C)CO. The van der Waals surface area contributed by atoms with E-state index in [-0.39, 0.29) is 12.4 Å². The molecule has 0 radical (unpaired) electrons. The molecule has 80 valence electrons. The summed E-state index contributed by atoms with van der Waals surface area (Å²) >= 11 is 0. The molecule has 15 heavy (non-hydrogen) atoms. The van der Waals surface area contributed by atoms with Gasteiger partial charge in [0, 0.05) is 13.2 Å². The molecule has 0 amide bonds. The lowest BCUT2D eigenvalue weighted by molar-refractivity contribution is 0.215. The first-order valence-electron chi connectivity index (χ1n) is 4.59. The fourth-order valence-corrected chi connectivity index (χ4v) is 1.01. The number of aromatic nitrogens is 2. The molecule has 1 rings (SSSR count). The van der Waals surface area contributed by atoms with Gasteiger partial charge in [0.15, 0.2) is 0 Å². The molecule has 5 nitrogen and oxygen atoms in total. The Labute approximate surface area is 89.0 Å². The predicted molar refractivity (Wildman–Crippen MR) is 56.3 cm³/mol. The van der Waals surface area contributed by atoms with Gasteiger partial charge in [0.2, 0.25) is 5.82 Å². The van der Waals surface area contributed by atoms with Crippen LogP contribution in [-0.2, 0) is 0 Å². The Morgan fingerprint density at radius 3 is 2.80 bits per heavy atom. The maximum absolute atomic E-state index is 9.20. The van der Waals surface area contributed by atoms with Crippen molar-refractivity contribution in [1.82, 2.24) is 9.97 Å². The van der Waals surface area contributed by atoms with Crippen molar-refractivity contribution in [3.05, 3.63) is 18.1 Å². The molecule has 0 unspecified atom stereocenters. The van der Waals surface area contributed by atoms with Crippen LogP contribution in [0.2, 0.25) is 0 Å². The van der Waals surface area contributed by atoms with Crippen molar-refractivity contribution < 1.29 is 5.11 Å². The molecule has 1 heterocycles. The van der Waals surface area contributed by atoms with E-state index >= 15 is 0 Å². The fraction of sp³-hybridized carbons (Fsp3) is 0.500. The normalized spacial score (nSPS) is 10.9. The zero-order valence-electron chi connectivity index (χ0n) is 9.10. The highest BCUT2D eigenvalue weighted by Gasteiger charge is 2.23. The van der Waals surface area contributed by atoms with Crippen LogP contribution in [0.5, 0.6) is 0 Å². The summed E-state index contributed by atoms with van der Waals surface area (Å²) in [4.78, 5) is 9.65. The van der Waals surface area contributed by atoms with Crippen LogP contribution < -0.4 is 4.90 Å². The average molecular weight is 206 g/mol. The molecule has 0 saturated carbocycles. The maximum Gasteiger partial charge on any atom is 0.234 e. The molecule has 0 aliphatic carbocycles. The van der Waals surface area contributed by atoms with Crippen LogP contribution in [0.4, 0.5) is 5.82 Å². The van der Waals surface area contributed by atoms with Gasteiger partial charge in [-0.05, 0) is 19.9 Å². The van der Waals surface area contributed by atoms with E-state index in [4.69, 9.17) is 5.26 Å². The van der Waals surface area contributed by atoms with E-state index in [0.29, 0.717) is 5.82 Å². The lowest BCUT2D eigenvalue weighted by Gasteiger charge is -2.34. The third-order valence-electron chi connectivity index (χ3n) is 2.38. The number of aliphatic hydroxyl groups excluding tert-OH is 1. The summed E-state index contributed by atoms with van der Waals surface area (Å²) in [5.41, 5.74) is -0.416. The number of aliphatic hydroxyl groups is 1. The fourth-order valence-electron chi connectivity index (χ4n) is 1.01. The van der Waals surface area contributed by atoms with Gasteiger partial charge in [0.25, 0.3) is 0 Å². The summed E-state index contributed by atoms with van der Waals surface area (Å²) < 4.78 is 0. The zero-order valence-corrected chi connectivity index (χ0v) is 9.10. The first-order chi connectivity index (χ1) is 7.01. The smallest absolute Gasteiger partial charge is 0.234 e. The third kappa shape index (κ3) is 2.42. The highest BCUT2D eigenvalue weighted by atomic mass is 16.3. The number of likely N-dealkylation sites (N-methyl/N-ethyl adjacent to an activating group) is 1. The monoisotopic (exact) mass is 206 g/mol. The lowest BCUT2D eigenvalue weighted by Crippen LogP contribution is -2.44. The van der Waals surface area contributed by atoms with E-state index in [1.54, 1.807) is 6.07 Å². The molecule has 0 fully saturated rings. The molecule has 0 atom stereocenters. The number of nitriles is 1. The van der Waals surface area contributed by atoms with E-state index in [2.05, 4.69) is 9.97 Å². The molecule has 0 spiro atoms. The largest absolute Gasteiger partial charge is 0.394 e. The topological polar surface area (TPSA) is 73.0 Å². The van der Waals surface area contributed by atoms with E-state index in [1.807, 2.05) is 31.9 Å². The van der Waals surface area contributed by atoms with Crippen molar-refractivity contribution in [3.8, 4) is 6.07 Å². The predicted octanol–water partition coefficient (Wildman–Crippen LogP) is 0.555. The number of nitrogens with zero attached hydrogens (tertiary/aromatic N) is 4. The van der Waals surface area contributed by atoms with E-state index in [0.717, 1.165) is 0 Å². The summed E-state index contributed by atoms with van der Waals surface area (Å²) in [7, 11) is 1.82. The minimum atomic E-state index is -0.416. The van der Waals surface area contributed by atoms with Crippen LogP contribution in [0.1, 0.15) is 19.7 Å². The number of anilines is 1. The van der Waals surface area contributed by atoms with E-state index in [1.165, 1.54) is 6.20 Å². The molecular formula is C10H14N4O. The van der Waals surface area contributed by atoms with Gasteiger partial charge in [0.1, 0.15) is 11.9 Å². The first-order valence-corrected chi connectivity index (χ1v) is 4.59. The van der Waals surface area contributed by atoms with Crippen molar-refractivity contribution in [2.24, 2.45) is 0 Å². The average Bonchev–Trinajstić information content (AvgIpc) is 2.28. The zero-order chi connectivity index (χ0) is 11.5. The van der Waals surface area contributed by atoms with E-state index in [9.17, 15) is 5.11 Å². The number of hydrogen-bond acceptors (Lipinski definition) is 5. The summed E-state index contributed by atoms with van der Waals surface area (Å²) in [6, 6.07) is 3.59. The standard InChI is InChI=1S/C10H14N4O/c1-10(2,7-15)14(3)9-4-5-12-8(6-11)13-9/h4-5,15H,7H2,1-3H3. The Hall–Kier alpha value is -1.67. The molecule has 0 bridgehead atoms. The van der Waals surface area contributed by atoms with Gasteiger partial charge in [-0.2, -0.15) is 5.26 Å². The van der Waals surface area contributed by atoms with Gasteiger partial charge in [-0.25, -0.2) is 9.97 Å². The quantitative estimate of drug-likeness (QED) is 0.782. The van der Waals surface area contributed by atoms with Gasteiger partial charge >= 0.3 is 0 Å². The number of rotatable bonds is 3. The van der Waals surface area contributed by atoms with Crippen LogP contribution in [0.15, 0.2) is 12.3 Å². The van der Waals surface area contributed by atoms with Gasteiger partial charge in [-0.15, -0.1) is 0 Å². The van der Waals surface area contributed by atoms with Gasteiger partial charge in [-0.3, -0.25) is 0 Å². The van der Waals surface area contributed by atoms with Gasteiger partial charge in [0.05, 0.1) is 12.1 Å². The Morgan fingerprint density at radius 1 is 1.60 bits per heavy atom. The van der Waals surface area contributed by atoms with E-state index < -0.39 is 5.54 Å². The highest BCUT2D eigenvalue weighted by molar-refractivity contribution is 5.40. The van der Waals surface area contributed by atoms with Crippen molar-refractivity contribution in [1.29, 1.82) is 5.26 Å². The molecule has 0 aliphatic heterocycles. The highest BCUT2D eigenvalue weighted by Crippen LogP contribution is 2.18. The van der Waals surface area contributed by atoms with Crippen LogP contribution in [0.3, 0.4) is 0 Å². The lowest BCUT2D eigenvalue weighted by atomic mass is 10.1. The summed E-state index contributed by atoms with van der Waals surface area (Å²) in [5.74, 6) is 0.758. The van der Waals surface area contributed by atoms with Crippen molar-refractivity contribution in [2.75, 3.05) is 18.6 Å². The molecule has 1 aromatic heterocycles. The molecule has 1 N–H and O–H groups in total. The minimum Gasteiger partial charge on any atom is -0.394 e. The summed E-state index contributed by atoms with van der Waals surface area (Å²) in [5, 5.41) is 17.9. The molecule has 0 aromatic carbocycles. The van der Waals surface area contributed by atoms with Crippen LogP contribution >= 0.6 is 0 Å². The van der Waals surface area contributed by atoms with Crippen molar-refractivity contribution >= 4 is 5.82 Å². The summed E-state index contributed by atoms with van der Waals surface area (Å²) in [6.45, 7) is 3.79. The third-order valence-corrected chi connectivity index (χ3v) is 2.38. The first kappa shape index (κ1) is 11.4. The Bertz CT molecular complexity index is 383. The second-order valence-electron chi connectivity index (χ2n) is 3.88. The second-order valence-corrected chi connectivity index (χ2v) is 3.88. The molecule has 0 saturated heterocycles. The van der Waals surface area contributed by atoms with Crippen LogP contribution in [0, 0.1) is 11.3 Å². The Morgan fingerprint density at radius 2 is 2.27 bits per heavy atom. The van der Waals surface area contributed by atoms with Crippen LogP contribution in [0.25, 0.3) is 0 Å². The van der Waals surface area contributed by atoms with Gasteiger partial charge < -0.3 is 10.0 Å². The molecule has 5 heteroatoms. The van der Waals surface area contributed by atoms with Crippen LogP contribution in [-0.4, -0.2) is 34.3 Å². The Balaban J connectivity index is 3.02. The number of hydrogen-bond donors (Lipinski definition) is 1. The second kappa shape index (κ2) is 4.24. The van der Waals surface area contributed by atoms with Crippen molar-refractivity contribution in [3.63, 3.8) is 0 Å². The maximum atomic E-state index is 9.20. The molecular weight excluding hydrogens is 192 g/mol. The molecule has 0 aliphatic rings. The molecule has 1 aromatic rings. The van der Waals surface area contributed by atoms with Crippen molar-refractivity contribution in [2.45, 2.75) is 19.4 Å². The summed E-state index contributed by atoms with van der Waals surface area (Å²) in [6.07, 6.45) is 1.53.